The highest BCUT2D eigenvalue weighted by Crippen LogP contribution is 2.27. The number of ether oxygens (including phenoxy) is 1. The summed E-state index contributed by atoms with van der Waals surface area (Å²) in [6.45, 7) is 2.19. The molecule has 2 atom stereocenters. The third-order valence-corrected chi connectivity index (χ3v) is 3.73. The molecule has 0 aromatic carbocycles. The molecule has 0 spiro atoms. The van der Waals surface area contributed by atoms with Gasteiger partial charge >= 0.3 is 5.97 Å². The smallest absolute Gasteiger partial charge is 0.309 e. The quantitative estimate of drug-likeness (QED) is 0.458. The fourth-order valence-corrected chi connectivity index (χ4v) is 2.66. The van der Waals surface area contributed by atoms with Gasteiger partial charge in [0.05, 0.1) is 5.92 Å². The van der Waals surface area contributed by atoms with E-state index in [-0.39, 0.29) is 18.0 Å². The molecule has 0 aliphatic carbocycles. The van der Waals surface area contributed by atoms with Crippen molar-refractivity contribution in [2.45, 2.75) is 58.0 Å². The SMILES string of the molecule is CCCCCCC1CC(Cc2nc(=S)[nH][nH]2)C(=O)O1. The molecule has 1 fully saturated rings. The lowest BCUT2D eigenvalue weighted by molar-refractivity contribution is -0.144. The molecule has 1 aliphatic rings. The number of H-pyrrole nitrogens is 2. The van der Waals surface area contributed by atoms with Gasteiger partial charge in [0, 0.05) is 6.42 Å². The third-order valence-electron chi connectivity index (χ3n) is 3.53. The first-order valence-corrected chi connectivity index (χ1v) is 7.44. The van der Waals surface area contributed by atoms with E-state index < -0.39 is 0 Å². The molecule has 0 saturated carbocycles. The molecular formula is C13H21N3O2S. The first-order chi connectivity index (χ1) is 9.19. The zero-order chi connectivity index (χ0) is 13.7. The standard InChI is InChI=1S/C13H21N3O2S/c1-2-3-4-5-6-10-7-9(12(17)18-10)8-11-14-13(19)16-15-11/h9-10H,2-8H2,1H3,(H2,14,15,16,19). The van der Waals surface area contributed by atoms with Crippen LogP contribution in [0.15, 0.2) is 0 Å². The summed E-state index contributed by atoms with van der Waals surface area (Å²) in [6, 6.07) is 0. The van der Waals surface area contributed by atoms with E-state index >= 15 is 0 Å². The molecule has 19 heavy (non-hydrogen) atoms. The summed E-state index contributed by atoms with van der Waals surface area (Å²) in [5.41, 5.74) is 0. The summed E-state index contributed by atoms with van der Waals surface area (Å²) >= 11 is 4.89. The van der Waals surface area contributed by atoms with Gasteiger partial charge in [-0.25, -0.2) is 4.98 Å². The number of nitrogens with one attached hydrogen (secondary N) is 2. The van der Waals surface area contributed by atoms with Gasteiger partial charge in [-0.3, -0.25) is 15.0 Å². The monoisotopic (exact) mass is 283 g/mol. The number of cyclic esters (lactones) is 1. The van der Waals surface area contributed by atoms with Crippen LogP contribution < -0.4 is 0 Å². The van der Waals surface area contributed by atoms with E-state index in [0.717, 1.165) is 25.1 Å². The van der Waals surface area contributed by atoms with E-state index in [2.05, 4.69) is 22.1 Å². The Morgan fingerprint density at radius 3 is 2.89 bits per heavy atom. The summed E-state index contributed by atoms with van der Waals surface area (Å²) in [6.07, 6.45) is 7.32. The largest absolute Gasteiger partial charge is 0.462 e. The lowest BCUT2D eigenvalue weighted by atomic mass is 9.98. The van der Waals surface area contributed by atoms with Gasteiger partial charge in [0.25, 0.3) is 0 Å². The first-order valence-electron chi connectivity index (χ1n) is 7.03. The molecule has 2 heterocycles. The predicted molar refractivity (Wildman–Crippen MR) is 74.2 cm³/mol. The topological polar surface area (TPSA) is 70.8 Å². The van der Waals surface area contributed by atoms with E-state index in [1.165, 1.54) is 19.3 Å². The van der Waals surface area contributed by atoms with Gasteiger partial charge in [0.1, 0.15) is 11.9 Å². The average Bonchev–Trinajstić information content (AvgIpc) is 2.93. The van der Waals surface area contributed by atoms with E-state index in [1.54, 1.807) is 0 Å². The molecule has 2 N–H and O–H groups in total. The second-order valence-electron chi connectivity index (χ2n) is 5.16. The van der Waals surface area contributed by atoms with Crippen molar-refractivity contribution in [3.63, 3.8) is 0 Å². The Bertz CT molecular complexity index is 468. The Labute approximate surface area is 118 Å². The maximum absolute atomic E-state index is 11.8. The molecule has 106 valence electrons. The summed E-state index contributed by atoms with van der Waals surface area (Å²) in [5, 5.41) is 5.62. The molecule has 0 amide bonds. The molecule has 5 nitrogen and oxygen atoms in total. The van der Waals surface area contributed by atoms with E-state index in [4.69, 9.17) is 17.0 Å². The molecular weight excluding hydrogens is 262 g/mol. The Morgan fingerprint density at radius 2 is 2.21 bits per heavy atom. The molecule has 2 unspecified atom stereocenters. The molecule has 1 aromatic heterocycles. The highest BCUT2D eigenvalue weighted by atomic mass is 32.1. The number of aromatic nitrogens is 3. The average molecular weight is 283 g/mol. The lowest BCUT2D eigenvalue weighted by Crippen LogP contribution is -2.11. The molecule has 0 radical (unpaired) electrons. The maximum Gasteiger partial charge on any atom is 0.309 e. The zero-order valence-corrected chi connectivity index (χ0v) is 12.1. The number of esters is 1. The van der Waals surface area contributed by atoms with Crippen LogP contribution in [0, 0.1) is 10.7 Å². The van der Waals surface area contributed by atoms with Crippen molar-refractivity contribution in [3.05, 3.63) is 10.6 Å². The van der Waals surface area contributed by atoms with Crippen LogP contribution in [0.25, 0.3) is 0 Å². The summed E-state index contributed by atoms with van der Waals surface area (Å²) < 4.78 is 5.84. The lowest BCUT2D eigenvalue weighted by Gasteiger charge is -2.07. The van der Waals surface area contributed by atoms with Crippen LogP contribution >= 0.6 is 12.2 Å². The number of hydrogen-bond acceptors (Lipinski definition) is 4. The molecule has 0 bridgehead atoms. The third kappa shape index (κ3) is 4.16. The molecule has 2 rings (SSSR count). The maximum atomic E-state index is 11.8. The predicted octanol–water partition coefficient (Wildman–Crippen LogP) is 2.91. The summed E-state index contributed by atoms with van der Waals surface area (Å²) in [4.78, 5) is 15.9. The van der Waals surface area contributed by atoms with Gasteiger partial charge in [0.2, 0.25) is 4.77 Å². The number of aromatic amines is 2. The molecule has 1 aromatic rings. The second kappa shape index (κ2) is 6.84. The second-order valence-corrected chi connectivity index (χ2v) is 5.55. The van der Waals surface area contributed by atoms with E-state index in [0.29, 0.717) is 11.2 Å². The van der Waals surface area contributed by atoms with Crippen molar-refractivity contribution in [1.29, 1.82) is 0 Å². The van der Waals surface area contributed by atoms with Crippen LogP contribution in [-0.4, -0.2) is 27.3 Å². The van der Waals surface area contributed by atoms with Crippen molar-refractivity contribution in [2.24, 2.45) is 5.92 Å². The van der Waals surface area contributed by atoms with Crippen molar-refractivity contribution in [2.75, 3.05) is 0 Å². The molecule has 1 saturated heterocycles. The van der Waals surface area contributed by atoms with Gasteiger partial charge in [0.15, 0.2) is 0 Å². The Hall–Kier alpha value is -1.17. The van der Waals surface area contributed by atoms with Gasteiger partial charge in [-0.2, -0.15) is 0 Å². The minimum atomic E-state index is -0.0946. The van der Waals surface area contributed by atoms with Gasteiger partial charge in [-0.05, 0) is 31.5 Å². The zero-order valence-electron chi connectivity index (χ0n) is 11.3. The minimum Gasteiger partial charge on any atom is -0.462 e. The number of unbranched alkanes of at least 4 members (excludes halogenated alkanes) is 3. The van der Waals surface area contributed by atoms with Crippen molar-refractivity contribution in [1.82, 2.24) is 15.2 Å². The number of carbonyl (C=O) groups is 1. The minimum absolute atomic E-state index is 0.0786. The Kier molecular flexibility index (Phi) is 5.13. The fourth-order valence-electron chi connectivity index (χ4n) is 2.50. The number of hydrogen-bond donors (Lipinski definition) is 2. The van der Waals surface area contributed by atoms with Crippen LogP contribution in [0.1, 0.15) is 51.3 Å². The van der Waals surface area contributed by atoms with Gasteiger partial charge < -0.3 is 4.74 Å². The highest BCUT2D eigenvalue weighted by Gasteiger charge is 2.34. The summed E-state index contributed by atoms with van der Waals surface area (Å²) in [7, 11) is 0. The van der Waals surface area contributed by atoms with Gasteiger partial charge in [-0.1, -0.05) is 26.2 Å². The number of carbonyl (C=O) groups excluding carboxylic acids is 1. The van der Waals surface area contributed by atoms with Crippen molar-refractivity contribution < 1.29 is 9.53 Å². The van der Waals surface area contributed by atoms with E-state index in [1.807, 2.05) is 0 Å². The van der Waals surface area contributed by atoms with Crippen LogP contribution in [0.5, 0.6) is 0 Å². The van der Waals surface area contributed by atoms with Crippen molar-refractivity contribution >= 4 is 18.2 Å². The van der Waals surface area contributed by atoms with Crippen LogP contribution in [0.2, 0.25) is 0 Å². The normalized spacial score (nSPS) is 22.7. The highest BCUT2D eigenvalue weighted by molar-refractivity contribution is 7.71. The number of nitrogens with zero attached hydrogens (tertiary/aromatic N) is 1. The number of rotatable bonds is 7. The fraction of sp³-hybridized carbons (Fsp3) is 0.769. The van der Waals surface area contributed by atoms with Crippen LogP contribution in [0.4, 0.5) is 0 Å². The summed E-state index contributed by atoms with van der Waals surface area (Å²) in [5.74, 6) is 0.562. The first kappa shape index (κ1) is 14.2. The Balaban J connectivity index is 1.77. The molecule has 1 aliphatic heterocycles. The van der Waals surface area contributed by atoms with E-state index in [9.17, 15) is 4.79 Å². The molecule has 6 heteroatoms. The van der Waals surface area contributed by atoms with Crippen LogP contribution in [-0.2, 0) is 16.0 Å². The van der Waals surface area contributed by atoms with Crippen LogP contribution in [0.3, 0.4) is 0 Å². The Morgan fingerprint density at radius 1 is 1.37 bits per heavy atom. The van der Waals surface area contributed by atoms with Crippen molar-refractivity contribution in [3.8, 4) is 0 Å². The van der Waals surface area contributed by atoms with Gasteiger partial charge in [-0.15, -0.1) is 0 Å².